The highest BCUT2D eigenvalue weighted by molar-refractivity contribution is 5.67. The van der Waals surface area contributed by atoms with Gasteiger partial charge in [0.25, 0.3) is 0 Å². The number of hydrogen-bond acceptors (Lipinski definition) is 8. The third-order valence-electron chi connectivity index (χ3n) is 9.34. The van der Waals surface area contributed by atoms with Crippen LogP contribution in [0.2, 0.25) is 0 Å². The summed E-state index contributed by atoms with van der Waals surface area (Å²) < 4.78 is 23.8. The number of pyridine rings is 1. The summed E-state index contributed by atoms with van der Waals surface area (Å²) in [5.41, 5.74) is -0.375. The van der Waals surface area contributed by atoms with Crippen molar-refractivity contribution in [2.75, 3.05) is 6.61 Å². The van der Waals surface area contributed by atoms with E-state index in [1.165, 1.54) is 13.8 Å². The molecule has 1 unspecified atom stereocenters. The highest BCUT2D eigenvalue weighted by atomic mass is 16.6. The van der Waals surface area contributed by atoms with Gasteiger partial charge in [-0.3, -0.25) is 14.6 Å². The fourth-order valence-corrected chi connectivity index (χ4v) is 7.60. The summed E-state index contributed by atoms with van der Waals surface area (Å²) >= 11 is 0. The molecule has 2 saturated carbocycles. The first-order valence-electron chi connectivity index (χ1n) is 13.0. The Labute approximate surface area is 216 Å². The molecule has 2 aromatic heterocycles. The van der Waals surface area contributed by atoms with Gasteiger partial charge in [-0.15, -0.1) is 0 Å². The molecule has 3 aliphatic rings. The minimum absolute atomic E-state index is 0.0355. The molecule has 0 N–H and O–H groups in total. The second-order valence-electron chi connectivity index (χ2n) is 11.7. The largest absolute Gasteiger partial charge is 0.487 e. The molecule has 2 aromatic rings. The Bertz CT molecular complexity index is 1270. The van der Waals surface area contributed by atoms with E-state index in [1.807, 2.05) is 12.1 Å². The van der Waals surface area contributed by atoms with Crippen molar-refractivity contribution < 1.29 is 28.2 Å². The molecule has 3 heterocycles. The molecule has 37 heavy (non-hydrogen) atoms. The number of hydrogen-bond donors (Lipinski definition) is 0. The topological polar surface area (TPSA) is 105 Å². The van der Waals surface area contributed by atoms with E-state index in [9.17, 15) is 14.4 Å². The summed E-state index contributed by atoms with van der Waals surface area (Å²) in [6.07, 6.45) is 6.57. The highest BCUT2D eigenvalue weighted by Crippen LogP contribution is 2.65. The summed E-state index contributed by atoms with van der Waals surface area (Å²) in [4.78, 5) is 41.1. The predicted molar refractivity (Wildman–Crippen MR) is 135 cm³/mol. The Morgan fingerprint density at radius 2 is 1.89 bits per heavy atom. The molecule has 0 radical (unpaired) electrons. The maximum absolute atomic E-state index is 13.2. The Balaban J connectivity index is 1.53. The SMILES string of the molecule is CC(=O)OC[C@]1(C)[C@@H](OC(C)=O)CC[C@]2(C)C3Cc4c(cc(-c5cccnc5)oc4=O)O[C@]3(C)CC[C@@H]12. The minimum Gasteiger partial charge on any atom is -0.487 e. The van der Waals surface area contributed by atoms with E-state index >= 15 is 0 Å². The average molecular weight is 510 g/mol. The maximum atomic E-state index is 13.2. The molecule has 8 nitrogen and oxygen atoms in total. The van der Waals surface area contributed by atoms with Crippen LogP contribution in [0.4, 0.5) is 0 Å². The van der Waals surface area contributed by atoms with E-state index in [4.69, 9.17) is 18.6 Å². The fourth-order valence-electron chi connectivity index (χ4n) is 7.60. The Morgan fingerprint density at radius 3 is 2.57 bits per heavy atom. The molecule has 0 spiro atoms. The van der Waals surface area contributed by atoms with Crippen LogP contribution in [-0.4, -0.2) is 35.2 Å². The van der Waals surface area contributed by atoms with E-state index in [-0.39, 0.29) is 47.5 Å². The molecule has 0 bridgehead atoms. The van der Waals surface area contributed by atoms with E-state index < -0.39 is 11.0 Å². The van der Waals surface area contributed by atoms with Crippen LogP contribution in [0.1, 0.15) is 65.9 Å². The van der Waals surface area contributed by atoms with Gasteiger partial charge in [0.05, 0.1) is 5.56 Å². The summed E-state index contributed by atoms with van der Waals surface area (Å²) in [7, 11) is 0. The predicted octanol–water partition coefficient (Wildman–Crippen LogP) is 4.72. The van der Waals surface area contributed by atoms with Crippen LogP contribution in [-0.2, 0) is 25.5 Å². The van der Waals surface area contributed by atoms with Gasteiger partial charge in [0.2, 0.25) is 0 Å². The standard InChI is InChI=1S/C29H35NO7/c1-17(31)34-16-28(4)23-8-11-29(5)24(27(23,3)10-9-25(28)35-18(2)32)13-20-22(37-29)14-21(36-26(20)33)19-7-6-12-30-15-19/h6-7,12,14-15,23-25H,8-11,13,16H2,1-5H3/t23-,24?,25+,27+,28+,29-/m1/s1. The zero-order valence-electron chi connectivity index (χ0n) is 22.2. The van der Waals surface area contributed by atoms with Crippen molar-refractivity contribution in [3.63, 3.8) is 0 Å². The quantitative estimate of drug-likeness (QED) is 0.545. The van der Waals surface area contributed by atoms with Crippen molar-refractivity contribution in [3.05, 3.63) is 46.6 Å². The van der Waals surface area contributed by atoms with Crippen molar-refractivity contribution in [3.8, 4) is 17.1 Å². The normalized spacial score (nSPS) is 34.2. The number of rotatable bonds is 4. The van der Waals surface area contributed by atoms with Crippen molar-refractivity contribution in [1.82, 2.24) is 4.98 Å². The minimum atomic E-state index is -0.555. The van der Waals surface area contributed by atoms with Crippen LogP contribution in [0.5, 0.6) is 5.75 Å². The molecule has 0 aromatic carbocycles. The molecular formula is C29H35NO7. The van der Waals surface area contributed by atoms with Gasteiger partial charge in [0, 0.05) is 49.2 Å². The second kappa shape index (κ2) is 8.99. The van der Waals surface area contributed by atoms with E-state index in [0.29, 0.717) is 29.9 Å². The Kier molecular flexibility index (Phi) is 6.20. The van der Waals surface area contributed by atoms with Gasteiger partial charge in [-0.25, -0.2) is 4.79 Å². The summed E-state index contributed by atoms with van der Waals surface area (Å²) in [6, 6.07) is 5.46. The Morgan fingerprint density at radius 1 is 1.11 bits per heavy atom. The number of carbonyl (C=O) groups is 2. The van der Waals surface area contributed by atoms with Gasteiger partial charge < -0.3 is 18.6 Å². The van der Waals surface area contributed by atoms with Gasteiger partial charge in [0.15, 0.2) is 0 Å². The lowest BCUT2D eigenvalue weighted by Gasteiger charge is -2.64. The van der Waals surface area contributed by atoms with Gasteiger partial charge in [-0.1, -0.05) is 13.8 Å². The molecular weight excluding hydrogens is 474 g/mol. The van der Waals surface area contributed by atoms with Crippen LogP contribution in [0, 0.1) is 22.7 Å². The molecule has 8 heteroatoms. The number of ether oxygens (including phenoxy) is 3. The Hall–Kier alpha value is -3.16. The second-order valence-corrected chi connectivity index (χ2v) is 11.7. The highest BCUT2D eigenvalue weighted by Gasteiger charge is 2.65. The number of esters is 2. The summed E-state index contributed by atoms with van der Waals surface area (Å²) in [5.74, 6) is 0.463. The first kappa shape index (κ1) is 25.5. The number of aromatic nitrogens is 1. The first-order chi connectivity index (χ1) is 17.5. The van der Waals surface area contributed by atoms with Crippen LogP contribution >= 0.6 is 0 Å². The third-order valence-corrected chi connectivity index (χ3v) is 9.34. The molecule has 2 aliphatic carbocycles. The van der Waals surface area contributed by atoms with Gasteiger partial charge in [-0.2, -0.15) is 0 Å². The van der Waals surface area contributed by atoms with Crippen LogP contribution < -0.4 is 10.4 Å². The van der Waals surface area contributed by atoms with Crippen LogP contribution in [0.15, 0.2) is 39.8 Å². The van der Waals surface area contributed by atoms with E-state index in [0.717, 1.165) is 24.8 Å². The van der Waals surface area contributed by atoms with Gasteiger partial charge in [0.1, 0.15) is 29.8 Å². The average Bonchev–Trinajstić information content (AvgIpc) is 2.84. The van der Waals surface area contributed by atoms with Crippen LogP contribution in [0.25, 0.3) is 11.3 Å². The zero-order chi connectivity index (χ0) is 26.6. The van der Waals surface area contributed by atoms with Crippen molar-refractivity contribution >= 4 is 11.9 Å². The molecule has 2 fully saturated rings. The maximum Gasteiger partial charge on any atom is 0.343 e. The monoisotopic (exact) mass is 509 g/mol. The molecule has 6 atom stereocenters. The lowest BCUT2D eigenvalue weighted by atomic mass is 9.43. The lowest BCUT2D eigenvalue weighted by Crippen LogP contribution is -2.65. The smallest absolute Gasteiger partial charge is 0.343 e. The summed E-state index contributed by atoms with van der Waals surface area (Å²) in [5, 5.41) is 0. The van der Waals surface area contributed by atoms with E-state index in [1.54, 1.807) is 18.5 Å². The zero-order valence-corrected chi connectivity index (χ0v) is 22.2. The molecule has 198 valence electrons. The molecule has 5 rings (SSSR count). The van der Waals surface area contributed by atoms with Crippen molar-refractivity contribution in [2.24, 2.45) is 22.7 Å². The van der Waals surface area contributed by atoms with Crippen LogP contribution in [0.3, 0.4) is 0 Å². The van der Waals surface area contributed by atoms with Crippen molar-refractivity contribution in [2.45, 2.75) is 78.4 Å². The van der Waals surface area contributed by atoms with Crippen molar-refractivity contribution in [1.29, 1.82) is 0 Å². The molecule has 1 aliphatic heterocycles. The number of fused-ring (bicyclic) bond motifs is 4. The number of carbonyl (C=O) groups excluding carboxylic acids is 2. The summed E-state index contributed by atoms with van der Waals surface area (Å²) in [6.45, 7) is 9.47. The fraction of sp³-hybridized carbons (Fsp3) is 0.586. The lowest BCUT2D eigenvalue weighted by molar-refractivity contribution is -0.219. The molecule has 0 amide bonds. The van der Waals surface area contributed by atoms with Gasteiger partial charge in [-0.05, 0) is 62.5 Å². The number of nitrogens with zero attached hydrogens (tertiary/aromatic N) is 1. The van der Waals surface area contributed by atoms with E-state index in [2.05, 4.69) is 25.8 Å². The van der Waals surface area contributed by atoms with Gasteiger partial charge >= 0.3 is 17.6 Å². The molecule has 0 saturated heterocycles. The third kappa shape index (κ3) is 4.24. The first-order valence-corrected chi connectivity index (χ1v) is 13.0.